The molecule has 1 aromatic carbocycles. The minimum Gasteiger partial charge on any atom is -0.475 e. The van der Waals surface area contributed by atoms with Gasteiger partial charge in [0.05, 0.1) is 4.90 Å². The van der Waals surface area contributed by atoms with E-state index in [1.54, 1.807) is 6.26 Å². The van der Waals surface area contributed by atoms with E-state index in [4.69, 9.17) is 5.11 Å². The van der Waals surface area contributed by atoms with E-state index in [2.05, 4.69) is 0 Å². The number of carboxylic acid groups (broad SMARTS) is 1. The molecular weight excluding hydrogens is 264 g/mol. The average Bonchev–Trinajstić information content (AvgIpc) is 2.25. The number of thioether (sulfide) groups is 1. The fourth-order valence-electron chi connectivity index (χ4n) is 1.23. The lowest BCUT2D eigenvalue weighted by atomic mass is 10.1. The number of hydrogen-bond donors (Lipinski definition) is 1. The maximum atomic E-state index is 11.5. The van der Waals surface area contributed by atoms with Gasteiger partial charge in [0.1, 0.15) is 0 Å². The topological polar surface area (TPSA) is 88.5 Å². The highest BCUT2D eigenvalue weighted by atomic mass is 32.2. The monoisotopic (exact) mass is 274 g/mol. The van der Waals surface area contributed by atoms with E-state index in [0.29, 0.717) is 4.90 Å². The first kappa shape index (κ1) is 13.7. The van der Waals surface area contributed by atoms with Gasteiger partial charge in [-0.15, -0.1) is 11.8 Å². The molecule has 1 aromatic rings. The van der Waals surface area contributed by atoms with Crippen LogP contribution in [0.3, 0.4) is 0 Å². The van der Waals surface area contributed by atoms with Gasteiger partial charge in [-0.2, -0.15) is 0 Å². The van der Waals surface area contributed by atoms with E-state index in [1.807, 2.05) is 0 Å². The quantitative estimate of drug-likeness (QED) is 0.502. The summed E-state index contributed by atoms with van der Waals surface area (Å²) in [6.07, 6.45) is 2.71. The Hall–Kier alpha value is -1.34. The van der Waals surface area contributed by atoms with Gasteiger partial charge in [-0.1, -0.05) is 0 Å². The summed E-state index contributed by atoms with van der Waals surface area (Å²) in [5, 5.41) is 8.55. The summed E-state index contributed by atoms with van der Waals surface area (Å²) < 4.78 is 23.0. The molecule has 0 spiro atoms. The van der Waals surface area contributed by atoms with Crippen molar-refractivity contribution < 1.29 is 23.1 Å². The maximum Gasteiger partial charge on any atom is 0.377 e. The van der Waals surface area contributed by atoms with Crippen molar-refractivity contribution >= 4 is 33.4 Å². The number of sulfone groups is 1. The van der Waals surface area contributed by atoms with E-state index < -0.39 is 21.6 Å². The fraction of sp³-hybridized carbons (Fsp3) is 0.200. The molecule has 0 atom stereocenters. The molecule has 0 aliphatic carbocycles. The zero-order chi connectivity index (χ0) is 13.2. The van der Waals surface area contributed by atoms with Crippen molar-refractivity contribution in [2.45, 2.75) is 9.79 Å². The van der Waals surface area contributed by atoms with E-state index in [0.717, 1.165) is 12.3 Å². The number of rotatable bonds is 4. The van der Waals surface area contributed by atoms with Crippen LogP contribution in [0.4, 0.5) is 0 Å². The molecule has 0 aliphatic heterocycles. The summed E-state index contributed by atoms with van der Waals surface area (Å²) in [4.78, 5) is 22.2. The molecule has 0 bridgehead atoms. The Labute approximate surface area is 103 Å². The normalized spacial score (nSPS) is 11.2. The molecule has 0 radical (unpaired) electrons. The molecule has 17 heavy (non-hydrogen) atoms. The Balaban J connectivity index is 3.43. The number of ketones is 1. The molecule has 0 fully saturated rings. The summed E-state index contributed by atoms with van der Waals surface area (Å²) in [7, 11) is -3.49. The molecule has 7 heteroatoms. The average molecular weight is 274 g/mol. The van der Waals surface area contributed by atoms with Gasteiger partial charge in [-0.3, -0.25) is 4.79 Å². The lowest BCUT2D eigenvalue weighted by Crippen LogP contribution is -2.13. The lowest BCUT2D eigenvalue weighted by molar-refractivity contribution is -0.131. The summed E-state index contributed by atoms with van der Waals surface area (Å²) in [5.41, 5.74) is -0.143. The number of carbonyl (C=O) groups is 2. The predicted molar refractivity (Wildman–Crippen MR) is 63.3 cm³/mol. The van der Waals surface area contributed by atoms with Gasteiger partial charge >= 0.3 is 5.97 Å². The van der Waals surface area contributed by atoms with Crippen LogP contribution in [-0.2, 0) is 14.6 Å². The van der Waals surface area contributed by atoms with Gasteiger partial charge in [0.2, 0.25) is 0 Å². The first-order valence-corrected chi connectivity index (χ1v) is 7.54. The Morgan fingerprint density at radius 2 is 1.88 bits per heavy atom. The van der Waals surface area contributed by atoms with E-state index in [-0.39, 0.29) is 10.5 Å². The van der Waals surface area contributed by atoms with Gasteiger partial charge in [0, 0.05) is 16.7 Å². The first-order valence-electron chi connectivity index (χ1n) is 4.43. The standard InChI is InChI=1S/C10H10O5S2/c1-16-7-4-3-6(9(11)10(12)13)5-8(7)17(2,14)15/h3-5H,1-2H3,(H,12,13). The Bertz CT molecular complexity index is 574. The van der Waals surface area contributed by atoms with Crippen LogP contribution < -0.4 is 0 Å². The van der Waals surface area contributed by atoms with Crippen molar-refractivity contribution in [1.82, 2.24) is 0 Å². The van der Waals surface area contributed by atoms with Crippen molar-refractivity contribution in [1.29, 1.82) is 0 Å². The first-order chi connectivity index (χ1) is 7.77. The SMILES string of the molecule is CSc1ccc(C(=O)C(=O)O)cc1S(C)(=O)=O. The Morgan fingerprint density at radius 1 is 1.29 bits per heavy atom. The zero-order valence-corrected chi connectivity index (χ0v) is 10.8. The van der Waals surface area contributed by atoms with Crippen LogP contribution >= 0.6 is 11.8 Å². The molecule has 1 rings (SSSR count). The summed E-state index contributed by atoms with van der Waals surface area (Å²) >= 11 is 1.21. The Kier molecular flexibility index (Phi) is 3.94. The van der Waals surface area contributed by atoms with Gasteiger partial charge in [-0.25, -0.2) is 13.2 Å². The van der Waals surface area contributed by atoms with Crippen LogP contribution in [0.1, 0.15) is 10.4 Å². The molecule has 0 amide bonds. The molecule has 5 nitrogen and oxygen atoms in total. The van der Waals surface area contributed by atoms with Crippen molar-refractivity contribution in [2.75, 3.05) is 12.5 Å². The minimum atomic E-state index is -3.49. The summed E-state index contributed by atoms with van der Waals surface area (Å²) in [6, 6.07) is 3.83. The van der Waals surface area contributed by atoms with Crippen LogP contribution in [0.15, 0.2) is 28.0 Å². The van der Waals surface area contributed by atoms with Crippen molar-refractivity contribution in [3.8, 4) is 0 Å². The zero-order valence-electron chi connectivity index (χ0n) is 9.13. The van der Waals surface area contributed by atoms with Crippen molar-refractivity contribution in [2.24, 2.45) is 0 Å². The van der Waals surface area contributed by atoms with Crippen LogP contribution in [0.2, 0.25) is 0 Å². The molecule has 0 saturated carbocycles. The van der Waals surface area contributed by atoms with Crippen molar-refractivity contribution in [3.63, 3.8) is 0 Å². The van der Waals surface area contributed by atoms with Crippen LogP contribution in [-0.4, -0.2) is 37.8 Å². The number of aliphatic carboxylic acids is 1. The molecule has 1 N–H and O–H groups in total. The molecule has 0 aliphatic rings. The highest BCUT2D eigenvalue weighted by molar-refractivity contribution is 7.99. The fourth-order valence-corrected chi connectivity index (χ4v) is 3.17. The van der Waals surface area contributed by atoms with Gasteiger partial charge in [0.25, 0.3) is 5.78 Å². The van der Waals surface area contributed by atoms with Crippen LogP contribution in [0.5, 0.6) is 0 Å². The summed E-state index contributed by atoms with van der Waals surface area (Å²) in [6.45, 7) is 0. The maximum absolute atomic E-state index is 11.5. The number of benzene rings is 1. The number of Topliss-reactive ketones (excluding diaryl/α,β-unsaturated/α-hetero) is 1. The summed E-state index contributed by atoms with van der Waals surface area (Å²) in [5.74, 6) is -2.73. The lowest BCUT2D eigenvalue weighted by Gasteiger charge is -2.06. The van der Waals surface area contributed by atoms with Crippen LogP contribution in [0.25, 0.3) is 0 Å². The number of carboxylic acids is 1. The number of carbonyl (C=O) groups excluding carboxylic acids is 1. The van der Waals surface area contributed by atoms with Gasteiger partial charge < -0.3 is 5.11 Å². The minimum absolute atomic E-state index is 0.0305. The Morgan fingerprint density at radius 3 is 2.29 bits per heavy atom. The van der Waals surface area contributed by atoms with E-state index >= 15 is 0 Å². The second kappa shape index (κ2) is 4.89. The second-order valence-electron chi connectivity index (χ2n) is 3.27. The third-order valence-electron chi connectivity index (χ3n) is 2.02. The third-order valence-corrected chi connectivity index (χ3v) is 4.08. The van der Waals surface area contributed by atoms with Crippen molar-refractivity contribution in [3.05, 3.63) is 23.8 Å². The van der Waals surface area contributed by atoms with E-state index in [1.165, 1.54) is 23.9 Å². The molecular formula is C10H10O5S2. The molecule has 0 aromatic heterocycles. The van der Waals surface area contributed by atoms with Crippen LogP contribution in [0, 0.1) is 0 Å². The molecule has 0 saturated heterocycles. The highest BCUT2D eigenvalue weighted by Gasteiger charge is 2.19. The predicted octanol–water partition coefficient (Wildman–Crippen LogP) is 1.08. The third kappa shape index (κ3) is 3.07. The molecule has 92 valence electrons. The highest BCUT2D eigenvalue weighted by Crippen LogP contribution is 2.26. The van der Waals surface area contributed by atoms with E-state index in [9.17, 15) is 18.0 Å². The largest absolute Gasteiger partial charge is 0.475 e. The van der Waals surface area contributed by atoms with Gasteiger partial charge in [0.15, 0.2) is 9.84 Å². The second-order valence-corrected chi connectivity index (χ2v) is 6.10. The molecule has 0 unspecified atom stereocenters. The molecule has 0 heterocycles. The number of hydrogen-bond acceptors (Lipinski definition) is 5. The smallest absolute Gasteiger partial charge is 0.377 e. The van der Waals surface area contributed by atoms with Gasteiger partial charge in [-0.05, 0) is 24.5 Å².